The average molecular weight is 487 g/mol. The number of amides is 2. The monoisotopic (exact) mass is 486 g/mol. The summed E-state index contributed by atoms with van der Waals surface area (Å²) in [5.41, 5.74) is 6.83. The lowest BCUT2D eigenvalue weighted by Crippen LogP contribution is -2.41. The van der Waals surface area contributed by atoms with Crippen LogP contribution in [0.25, 0.3) is 11.4 Å². The second-order valence-corrected chi connectivity index (χ2v) is 7.50. The SMILES string of the molecule is CCC(=O)O.NC(=O)CCC(=O)[C@H](CCC(=O)O)NC(=O)CCc1ccc(-c2ncccn2)cc1. The number of ketones is 1. The van der Waals surface area contributed by atoms with E-state index in [4.69, 9.17) is 15.9 Å². The maximum Gasteiger partial charge on any atom is 0.303 e. The number of carboxylic acids is 2. The van der Waals surface area contributed by atoms with Crippen molar-refractivity contribution in [3.63, 3.8) is 0 Å². The van der Waals surface area contributed by atoms with Crippen LogP contribution in [0.3, 0.4) is 0 Å². The summed E-state index contributed by atoms with van der Waals surface area (Å²) >= 11 is 0. The zero-order valence-electron chi connectivity index (χ0n) is 19.5. The molecule has 1 heterocycles. The highest BCUT2D eigenvalue weighted by Crippen LogP contribution is 2.15. The zero-order chi connectivity index (χ0) is 26.2. The molecule has 0 radical (unpaired) electrons. The Morgan fingerprint density at radius 2 is 1.51 bits per heavy atom. The molecule has 0 aliphatic heterocycles. The van der Waals surface area contributed by atoms with Gasteiger partial charge in [0.2, 0.25) is 11.8 Å². The number of benzene rings is 1. The fourth-order valence-electron chi connectivity index (χ4n) is 2.80. The van der Waals surface area contributed by atoms with E-state index in [9.17, 15) is 24.0 Å². The van der Waals surface area contributed by atoms with Crippen molar-refractivity contribution in [2.75, 3.05) is 0 Å². The molecule has 35 heavy (non-hydrogen) atoms. The van der Waals surface area contributed by atoms with Crippen LogP contribution in [0.4, 0.5) is 0 Å². The number of nitrogens with one attached hydrogen (secondary N) is 1. The van der Waals surface area contributed by atoms with Crippen molar-refractivity contribution in [1.82, 2.24) is 15.3 Å². The van der Waals surface area contributed by atoms with Crippen LogP contribution in [-0.4, -0.2) is 55.8 Å². The number of hydrogen-bond acceptors (Lipinski definition) is 7. The Bertz CT molecular complexity index is 995. The molecule has 0 saturated heterocycles. The molecule has 11 heteroatoms. The van der Waals surface area contributed by atoms with Crippen molar-refractivity contribution in [2.45, 2.75) is 57.9 Å². The molecule has 2 aromatic rings. The van der Waals surface area contributed by atoms with Crippen LogP contribution < -0.4 is 11.1 Å². The van der Waals surface area contributed by atoms with Gasteiger partial charge in [-0.2, -0.15) is 0 Å². The van der Waals surface area contributed by atoms with Gasteiger partial charge in [0.15, 0.2) is 11.6 Å². The van der Waals surface area contributed by atoms with Crippen molar-refractivity contribution < 1.29 is 34.2 Å². The summed E-state index contributed by atoms with van der Waals surface area (Å²) in [5.74, 6) is -2.61. The highest BCUT2D eigenvalue weighted by atomic mass is 16.4. The summed E-state index contributed by atoms with van der Waals surface area (Å²) in [7, 11) is 0. The first-order chi connectivity index (χ1) is 16.6. The lowest BCUT2D eigenvalue weighted by atomic mass is 10.0. The third kappa shape index (κ3) is 12.6. The first-order valence-electron chi connectivity index (χ1n) is 11.0. The van der Waals surface area contributed by atoms with E-state index in [1.807, 2.05) is 24.3 Å². The Balaban J connectivity index is 0.00000111. The molecule has 188 valence electrons. The van der Waals surface area contributed by atoms with Crippen LogP contribution in [0.2, 0.25) is 0 Å². The molecule has 1 aromatic heterocycles. The van der Waals surface area contributed by atoms with Crippen molar-refractivity contribution in [1.29, 1.82) is 0 Å². The fourth-order valence-corrected chi connectivity index (χ4v) is 2.80. The van der Waals surface area contributed by atoms with Crippen molar-refractivity contribution in [3.05, 3.63) is 48.3 Å². The molecule has 0 aliphatic rings. The molecule has 0 saturated carbocycles. The van der Waals surface area contributed by atoms with Gasteiger partial charge in [-0.1, -0.05) is 31.2 Å². The number of carboxylic acid groups (broad SMARTS) is 2. The Hall–Kier alpha value is -4.15. The largest absolute Gasteiger partial charge is 0.481 e. The number of aryl methyl sites for hydroxylation is 1. The molecule has 2 rings (SSSR count). The van der Waals surface area contributed by atoms with E-state index in [1.54, 1.807) is 25.4 Å². The molecule has 5 N–H and O–H groups in total. The summed E-state index contributed by atoms with van der Waals surface area (Å²) in [4.78, 5) is 63.9. The quantitative estimate of drug-likeness (QED) is 0.327. The van der Waals surface area contributed by atoms with Crippen LogP contribution in [-0.2, 0) is 30.4 Å². The summed E-state index contributed by atoms with van der Waals surface area (Å²) in [6.07, 6.45) is 3.54. The number of primary amides is 1. The van der Waals surface area contributed by atoms with Gasteiger partial charge in [0, 0.05) is 50.1 Å². The molecule has 0 fully saturated rings. The van der Waals surface area contributed by atoms with Crippen LogP contribution in [0, 0.1) is 0 Å². The molecule has 0 unspecified atom stereocenters. The van der Waals surface area contributed by atoms with E-state index in [2.05, 4.69) is 15.3 Å². The van der Waals surface area contributed by atoms with E-state index in [0.717, 1.165) is 11.1 Å². The minimum atomic E-state index is -1.07. The summed E-state index contributed by atoms with van der Waals surface area (Å²) in [5, 5.41) is 19.1. The lowest BCUT2D eigenvalue weighted by Gasteiger charge is -2.17. The third-order valence-corrected chi connectivity index (χ3v) is 4.71. The number of aliphatic carboxylic acids is 2. The number of nitrogens with zero attached hydrogens (tertiary/aromatic N) is 2. The molecular weight excluding hydrogens is 456 g/mol. The average Bonchev–Trinajstić information content (AvgIpc) is 2.84. The van der Waals surface area contributed by atoms with Crippen LogP contribution in [0.15, 0.2) is 42.7 Å². The normalized spacial score (nSPS) is 10.9. The third-order valence-electron chi connectivity index (χ3n) is 4.71. The second kappa shape index (κ2) is 15.6. The van der Waals surface area contributed by atoms with Crippen molar-refractivity contribution >= 4 is 29.5 Å². The van der Waals surface area contributed by atoms with E-state index in [-0.39, 0.29) is 44.4 Å². The smallest absolute Gasteiger partial charge is 0.303 e. The molecule has 1 aromatic carbocycles. The number of hydrogen-bond donors (Lipinski definition) is 4. The molecule has 0 bridgehead atoms. The maximum atomic E-state index is 12.3. The Labute approximate surface area is 202 Å². The van der Waals surface area contributed by atoms with Gasteiger partial charge < -0.3 is 21.3 Å². The minimum absolute atomic E-state index is 0.0373. The molecule has 0 spiro atoms. The molecular formula is C24H30N4O7. The molecule has 11 nitrogen and oxygen atoms in total. The van der Waals surface area contributed by atoms with Crippen molar-refractivity contribution in [2.24, 2.45) is 5.73 Å². The predicted octanol–water partition coefficient (Wildman–Crippen LogP) is 1.74. The summed E-state index contributed by atoms with van der Waals surface area (Å²) in [6.45, 7) is 1.60. The first-order valence-corrected chi connectivity index (χ1v) is 11.0. The Kier molecular flexibility index (Phi) is 12.9. The van der Waals surface area contributed by atoms with E-state index in [0.29, 0.717) is 12.2 Å². The second-order valence-electron chi connectivity index (χ2n) is 7.50. The fraction of sp³-hybridized carbons (Fsp3) is 0.375. The summed E-state index contributed by atoms with van der Waals surface area (Å²) in [6, 6.07) is 8.26. The van der Waals surface area contributed by atoms with Gasteiger partial charge in [-0.05, 0) is 24.5 Å². The van der Waals surface area contributed by atoms with Crippen LogP contribution in [0.1, 0.15) is 51.0 Å². The van der Waals surface area contributed by atoms with Gasteiger partial charge in [-0.25, -0.2) is 9.97 Å². The highest BCUT2D eigenvalue weighted by Gasteiger charge is 2.21. The Morgan fingerprint density at radius 1 is 0.914 bits per heavy atom. The molecule has 0 aliphatic carbocycles. The van der Waals surface area contributed by atoms with Crippen LogP contribution >= 0.6 is 0 Å². The minimum Gasteiger partial charge on any atom is -0.481 e. The maximum absolute atomic E-state index is 12.3. The Morgan fingerprint density at radius 3 is 2.03 bits per heavy atom. The highest BCUT2D eigenvalue weighted by molar-refractivity contribution is 5.91. The number of aromatic nitrogens is 2. The van der Waals surface area contributed by atoms with Gasteiger partial charge in [-0.15, -0.1) is 0 Å². The van der Waals surface area contributed by atoms with Crippen LogP contribution in [0.5, 0.6) is 0 Å². The van der Waals surface area contributed by atoms with Crippen molar-refractivity contribution in [3.8, 4) is 11.4 Å². The van der Waals surface area contributed by atoms with E-state index < -0.39 is 29.7 Å². The standard InChI is InChI=1S/C21H24N4O5.C3H6O2/c22-18(27)9-8-17(26)16(7-11-20(29)30)25-19(28)10-4-14-2-5-15(6-3-14)21-23-12-1-13-24-21;1-2-3(4)5/h1-3,5-6,12-13,16H,4,7-11H2,(H2,22,27)(H,25,28)(H,29,30);2H2,1H3,(H,4,5)/t16-;/m0./s1. The summed E-state index contributed by atoms with van der Waals surface area (Å²) < 4.78 is 0. The zero-order valence-corrected chi connectivity index (χ0v) is 19.5. The van der Waals surface area contributed by atoms with Gasteiger partial charge in [0.1, 0.15) is 0 Å². The van der Waals surface area contributed by atoms with Gasteiger partial charge in [-0.3, -0.25) is 24.0 Å². The molecule has 2 amide bonds. The van der Waals surface area contributed by atoms with Gasteiger partial charge in [0.05, 0.1) is 6.04 Å². The number of carbonyl (C=O) groups excluding carboxylic acids is 3. The number of nitrogens with two attached hydrogens (primary N) is 1. The first kappa shape index (κ1) is 28.9. The number of Topliss-reactive ketones (excluding diaryl/α,β-unsaturated/α-hetero) is 1. The molecule has 1 atom stereocenters. The van der Waals surface area contributed by atoms with Gasteiger partial charge >= 0.3 is 11.9 Å². The number of rotatable bonds is 13. The van der Waals surface area contributed by atoms with E-state index >= 15 is 0 Å². The predicted molar refractivity (Wildman–Crippen MR) is 126 cm³/mol. The lowest BCUT2D eigenvalue weighted by molar-refractivity contribution is -0.138. The topological polar surface area (TPSA) is 190 Å². The number of carbonyl (C=O) groups is 5. The van der Waals surface area contributed by atoms with Gasteiger partial charge in [0.25, 0.3) is 0 Å². The van der Waals surface area contributed by atoms with E-state index in [1.165, 1.54) is 0 Å².